The second-order valence-corrected chi connectivity index (χ2v) is 6.15. The van der Waals surface area contributed by atoms with Gasteiger partial charge < -0.3 is 15.5 Å². The fourth-order valence-electron chi connectivity index (χ4n) is 2.29. The fraction of sp³-hybridized carbons (Fsp3) is 0.833. The third kappa shape index (κ3) is 2.77. The molecule has 0 saturated carbocycles. The maximum Gasteiger partial charge on any atom is 0.235 e. The Hall–Kier alpha value is -0.680. The molecule has 2 N–H and O–H groups in total. The molecule has 1 amide bonds. The van der Waals surface area contributed by atoms with Gasteiger partial charge in [0.25, 0.3) is 0 Å². The van der Waals surface area contributed by atoms with Gasteiger partial charge in [0, 0.05) is 19.1 Å². The molecule has 1 aliphatic rings. The van der Waals surface area contributed by atoms with E-state index >= 15 is 0 Å². The first-order valence-electron chi connectivity index (χ1n) is 5.93. The predicted molar refractivity (Wildman–Crippen MR) is 73.8 cm³/mol. The molecule has 0 spiro atoms. The van der Waals surface area contributed by atoms with E-state index in [0.29, 0.717) is 12.0 Å². The van der Waals surface area contributed by atoms with Crippen molar-refractivity contribution in [3.8, 4) is 0 Å². The predicted octanol–water partition coefficient (Wildman–Crippen LogP) is 0.707. The van der Waals surface area contributed by atoms with Crippen LogP contribution in [0.2, 0.25) is 0 Å². The van der Waals surface area contributed by atoms with E-state index in [4.69, 9.17) is 18.0 Å². The maximum atomic E-state index is 12.4. The zero-order chi connectivity index (χ0) is 13.4. The molecule has 0 radical (unpaired) electrons. The zero-order valence-corrected chi connectivity index (χ0v) is 12.2. The van der Waals surface area contributed by atoms with E-state index in [2.05, 4.69) is 11.8 Å². The number of likely N-dealkylation sites (N-methyl/N-ethyl adjacent to an activating group) is 1. The Morgan fingerprint density at radius 3 is 2.29 bits per heavy atom. The minimum Gasteiger partial charge on any atom is -0.392 e. The minimum atomic E-state index is -0.740. The first-order chi connectivity index (χ1) is 7.67. The summed E-state index contributed by atoms with van der Waals surface area (Å²) in [5, 5.41) is 0. The second kappa shape index (κ2) is 4.90. The average molecular weight is 257 g/mol. The molecular weight excluding hydrogens is 234 g/mol. The molecule has 2 atom stereocenters. The van der Waals surface area contributed by atoms with Crippen molar-refractivity contribution in [2.24, 2.45) is 17.1 Å². The number of hydrogen-bond donors (Lipinski definition) is 1. The zero-order valence-electron chi connectivity index (χ0n) is 11.4. The molecule has 5 heteroatoms. The highest BCUT2D eigenvalue weighted by Gasteiger charge is 2.40. The van der Waals surface area contributed by atoms with Crippen LogP contribution >= 0.6 is 12.2 Å². The number of nitrogens with zero attached hydrogens (tertiary/aromatic N) is 2. The highest BCUT2D eigenvalue weighted by molar-refractivity contribution is 7.80. The van der Waals surface area contributed by atoms with Gasteiger partial charge in [-0.25, -0.2) is 0 Å². The lowest BCUT2D eigenvalue weighted by Gasteiger charge is -2.28. The molecule has 0 aromatic heterocycles. The lowest BCUT2D eigenvalue weighted by molar-refractivity contribution is -0.136. The minimum absolute atomic E-state index is 0.0428. The van der Waals surface area contributed by atoms with Gasteiger partial charge in [0.15, 0.2) is 0 Å². The van der Waals surface area contributed by atoms with Gasteiger partial charge in [-0.2, -0.15) is 0 Å². The summed E-state index contributed by atoms with van der Waals surface area (Å²) >= 11 is 4.97. The molecule has 2 unspecified atom stereocenters. The van der Waals surface area contributed by atoms with Crippen molar-refractivity contribution in [3.63, 3.8) is 0 Å². The van der Waals surface area contributed by atoms with Crippen molar-refractivity contribution in [1.82, 2.24) is 9.80 Å². The molecular formula is C12H23N3OS. The molecule has 0 aliphatic carbocycles. The van der Waals surface area contributed by atoms with Crippen LogP contribution in [0.25, 0.3) is 0 Å². The molecule has 17 heavy (non-hydrogen) atoms. The first kappa shape index (κ1) is 14.4. The molecule has 4 nitrogen and oxygen atoms in total. The molecule has 1 saturated heterocycles. The summed E-state index contributed by atoms with van der Waals surface area (Å²) in [4.78, 5) is 16.7. The maximum absolute atomic E-state index is 12.4. The third-order valence-corrected chi connectivity index (χ3v) is 4.18. The van der Waals surface area contributed by atoms with Gasteiger partial charge in [-0.3, -0.25) is 4.79 Å². The number of thiocarbonyl (C=S) groups is 1. The van der Waals surface area contributed by atoms with Crippen LogP contribution in [0.15, 0.2) is 0 Å². The number of carbonyl (C=O) groups is 1. The molecule has 1 rings (SSSR count). The van der Waals surface area contributed by atoms with E-state index in [-0.39, 0.29) is 10.9 Å². The average Bonchev–Trinajstić information content (AvgIpc) is 2.58. The second-order valence-electron chi connectivity index (χ2n) is 5.71. The first-order valence-corrected chi connectivity index (χ1v) is 6.34. The Balaban J connectivity index is 2.78. The van der Waals surface area contributed by atoms with Crippen molar-refractivity contribution in [2.75, 3.05) is 27.2 Å². The van der Waals surface area contributed by atoms with Crippen LogP contribution in [-0.4, -0.2) is 53.9 Å². The smallest absolute Gasteiger partial charge is 0.235 e. The quantitative estimate of drug-likeness (QED) is 0.757. The summed E-state index contributed by atoms with van der Waals surface area (Å²) in [5.74, 6) is 0.525. The highest BCUT2D eigenvalue weighted by Crippen LogP contribution is 2.26. The van der Waals surface area contributed by atoms with Crippen LogP contribution in [0.4, 0.5) is 0 Å². The van der Waals surface area contributed by atoms with E-state index in [9.17, 15) is 4.79 Å². The Morgan fingerprint density at radius 2 is 1.94 bits per heavy atom. The third-order valence-electron chi connectivity index (χ3n) is 3.67. The van der Waals surface area contributed by atoms with Crippen molar-refractivity contribution in [3.05, 3.63) is 0 Å². The molecule has 98 valence electrons. The number of carbonyl (C=O) groups excluding carboxylic acids is 1. The topological polar surface area (TPSA) is 49.6 Å². The summed E-state index contributed by atoms with van der Waals surface area (Å²) in [6.07, 6.45) is 0. The van der Waals surface area contributed by atoms with Crippen molar-refractivity contribution < 1.29 is 4.79 Å². The SMILES string of the molecule is CC1CN(C(=O)C(C)(C)C(N)=S)CC1N(C)C. The molecule has 1 fully saturated rings. The summed E-state index contributed by atoms with van der Waals surface area (Å²) in [6.45, 7) is 7.31. The summed E-state index contributed by atoms with van der Waals surface area (Å²) < 4.78 is 0. The van der Waals surface area contributed by atoms with E-state index in [1.807, 2.05) is 19.0 Å². The van der Waals surface area contributed by atoms with E-state index < -0.39 is 5.41 Å². The Morgan fingerprint density at radius 1 is 1.41 bits per heavy atom. The van der Waals surface area contributed by atoms with Crippen LogP contribution < -0.4 is 5.73 Å². The Kier molecular flexibility index (Phi) is 4.15. The van der Waals surface area contributed by atoms with E-state index in [1.54, 1.807) is 13.8 Å². The number of amides is 1. The van der Waals surface area contributed by atoms with Crippen LogP contribution in [0.1, 0.15) is 20.8 Å². The Bertz CT molecular complexity index is 328. The summed E-state index contributed by atoms with van der Waals surface area (Å²) in [5.41, 5.74) is 4.90. The van der Waals surface area contributed by atoms with Gasteiger partial charge in [-0.15, -0.1) is 0 Å². The van der Waals surface area contributed by atoms with Crippen molar-refractivity contribution in [2.45, 2.75) is 26.8 Å². The normalized spacial score (nSPS) is 25.4. The molecule has 1 aliphatic heterocycles. The largest absolute Gasteiger partial charge is 0.392 e. The van der Waals surface area contributed by atoms with Crippen LogP contribution in [0.5, 0.6) is 0 Å². The number of nitrogens with two attached hydrogens (primary N) is 1. The number of rotatable bonds is 3. The Labute approximate surface area is 109 Å². The van der Waals surface area contributed by atoms with E-state index in [0.717, 1.165) is 13.1 Å². The lowest BCUT2D eigenvalue weighted by Crippen LogP contribution is -2.47. The van der Waals surface area contributed by atoms with Crippen molar-refractivity contribution in [1.29, 1.82) is 0 Å². The van der Waals surface area contributed by atoms with Crippen LogP contribution in [0.3, 0.4) is 0 Å². The molecule has 0 aromatic carbocycles. The highest BCUT2D eigenvalue weighted by atomic mass is 32.1. The van der Waals surface area contributed by atoms with Gasteiger partial charge in [0.05, 0.1) is 10.4 Å². The van der Waals surface area contributed by atoms with Gasteiger partial charge >= 0.3 is 0 Å². The van der Waals surface area contributed by atoms with Gasteiger partial charge in [-0.05, 0) is 33.9 Å². The van der Waals surface area contributed by atoms with Gasteiger partial charge in [0.1, 0.15) is 0 Å². The van der Waals surface area contributed by atoms with E-state index in [1.165, 1.54) is 0 Å². The van der Waals surface area contributed by atoms with Crippen LogP contribution in [0, 0.1) is 11.3 Å². The molecule has 1 heterocycles. The lowest BCUT2D eigenvalue weighted by atomic mass is 9.92. The molecule has 0 aromatic rings. The number of likely N-dealkylation sites (tertiary alicyclic amines) is 1. The van der Waals surface area contributed by atoms with Crippen LogP contribution in [-0.2, 0) is 4.79 Å². The number of hydrogen-bond acceptors (Lipinski definition) is 3. The monoisotopic (exact) mass is 257 g/mol. The standard InChI is InChI=1S/C12H23N3OS/c1-8-6-15(7-9(8)14(4)5)11(16)12(2,3)10(13)17/h8-9H,6-7H2,1-5H3,(H2,13,17). The fourth-order valence-corrected chi connectivity index (χ4v) is 2.38. The van der Waals surface area contributed by atoms with Gasteiger partial charge in [0.2, 0.25) is 5.91 Å². The summed E-state index contributed by atoms with van der Waals surface area (Å²) in [6, 6.07) is 0.418. The van der Waals surface area contributed by atoms with Crippen molar-refractivity contribution >= 4 is 23.1 Å². The van der Waals surface area contributed by atoms with Gasteiger partial charge in [-0.1, -0.05) is 19.1 Å². The molecule has 0 bridgehead atoms. The summed E-state index contributed by atoms with van der Waals surface area (Å²) in [7, 11) is 4.10.